The van der Waals surface area contributed by atoms with E-state index in [1.807, 2.05) is 0 Å². The van der Waals surface area contributed by atoms with Crippen LogP contribution in [0.15, 0.2) is 0 Å². The van der Waals surface area contributed by atoms with Gasteiger partial charge in [0.25, 0.3) is 5.91 Å². The molecule has 1 aliphatic rings. The SMILES string of the molecule is CC(C)(C)OC(=O)N1CCNC(C(=O)O)C1=O. The standard InChI is InChI=1S/C10H16N2O5/c1-10(2,3)17-9(16)12-5-4-11-6(7(12)13)8(14)15/h6,11H,4-5H2,1-3H3,(H,14,15). The number of amides is 2. The highest BCUT2D eigenvalue weighted by molar-refractivity contribution is 6.07. The lowest BCUT2D eigenvalue weighted by atomic mass is 10.2. The summed E-state index contributed by atoms with van der Waals surface area (Å²) < 4.78 is 5.02. The maximum Gasteiger partial charge on any atom is 0.417 e. The number of carboxylic acid groups (broad SMARTS) is 1. The maximum atomic E-state index is 11.7. The van der Waals surface area contributed by atoms with E-state index in [4.69, 9.17) is 9.84 Å². The highest BCUT2D eigenvalue weighted by Crippen LogP contribution is 2.12. The van der Waals surface area contributed by atoms with Gasteiger partial charge in [0, 0.05) is 13.1 Å². The monoisotopic (exact) mass is 244 g/mol. The molecule has 0 aromatic heterocycles. The number of nitrogens with one attached hydrogen (secondary N) is 1. The van der Waals surface area contributed by atoms with E-state index in [9.17, 15) is 14.4 Å². The molecule has 1 fully saturated rings. The van der Waals surface area contributed by atoms with Gasteiger partial charge in [0.1, 0.15) is 5.60 Å². The van der Waals surface area contributed by atoms with Crippen molar-refractivity contribution in [3.63, 3.8) is 0 Å². The average Bonchev–Trinajstić information content (AvgIpc) is 2.14. The first-order valence-electron chi connectivity index (χ1n) is 5.23. The van der Waals surface area contributed by atoms with Gasteiger partial charge in [0.05, 0.1) is 0 Å². The second-order valence-corrected chi connectivity index (χ2v) is 4.70. The van der Waals surface area contributed by atoms with Crippen molar-refractivity contribution in [2.24, 2.45) is 0 Å². The van der Waals surface area contributed by atoms with Gasteiger partial charge in [-0.15, -0.1) is 0 Å². The van der Waals surface area contributed by atoms with Crippen molar-refractivity contribution in [3.05, 3.63) is 0 Å². The minimum atomic E-state index is -1.38. The predicted molar refractivity (Wildman–Crippen MR) is 57.4 cm³/mol. The Bertz CT molecular complexity index is 347. The van der Waals surface area contributed by atoms with E-state index in [-0.39, 0.29) is 13.1 Å². The number of hydrogen-bond donors (Lipinski definition) is 2. The fourth-order valence-electron chi connectivity index (χ4n) is 1.37. The smallest absolute Gasteiger partial charge is 0.417 e. The van der Waals surface area contributed by atoms with Gasteiger partial charge in [0.15, 0.2) is 6.04 Å². The molecule has 0 aromatic carbocycles. The number of hydrogen-bond acceptors (Lipinski definition) is 5. The lowest BCUT2D eigenvalue weighted by Crippen LogP contribution is -2.60. The summed E-state index contributed by atoms with van der Waals surface area (Å²) in [6.45, 7) is 5.37. The van der Waals surface area contributed by atoms with E-state index < -0.39 is 29.6 Å². The zero-order valence-corrected chi connectivity index (χ0v) is 10.0. The molecule has 7 nitrogen and oxygen atoms in total. The molecule has 1 saturated heterocycles. The molecule has 1 rings (SSSR count). The quantitative estimate of drug-likeness (QED) is 0.620. The van der Waals surface area contributed by atoms with E-state index in [0.717, 1.165) is 4.90 Å². The summed E-state index contributed by atoms with van der Waals surface area (Å²) in [6.07, 6.45) is -0.810. The number of imide groups is 1. The molecule has 1 atom stereocenters. The summed E-state index contributed by atoms with van der Waals surface area (Å²) in [6, 6.07) is -1.38. The molecule has 1 aliphatic heterocycles. The molecule has 2 N–H and O–H groups in total. The molecular weight excluding hydrogens is 228 g/mol. The normalized spacial score (nSPS) is 21.2. The third-order valence-corrected chi connectivity index (χ3v) is 2.06. The molecule has 0 bridgehead atoms. The van der Waals surface area contributed by atoms with Gasteiger partial charge in [-0.2, -0.15) is 0 Å². The first-order chi connectivity index (χ1) is 7.72. The van der Waals surface area contributed by atoms with Crippen molar-refractivity contribution in [2.75, 3.05) is 13.1 Å². The Balaban J connectivity index is 2.74. The molecule has 17 heavy (non-hydrogen) atoms. The minimum Gasteiger partial charge on any atom is -0.480 e. The van der Waals surface area contributed by atoms with Crippen LogP contribution in [0.1, 0.15) is 20.8 Å². The van der Waals surface area contributed by atoms with Crippen LogP contribution in [0.4, 0.5) is 4.79 Å². The van der Waals surface area contributed by atoms with E-state index in [2.05, 4.69) is 5.32 Å². The molecule has 2 amide bonds. The van der Waals surface area contributed by atoms with Crippen molar-refractivity contribution in [1.82, 2.24) is 10.2 Å². The highest BCUT2D eigenvalue weighted by atomic mass is 16.6. The van der Waals surface area contributed by atoms with Crippen LogP contribution in [0.5, 0.6) is 0 Å². The van der Waals surface area contributed by atoms with Gasteiger partial charge in [-0.25, -0.2) is 14.5 Å². The van der Waals surface area contributed by atoms with Gasteiger partial charge in [-0.1, -0.05) is 0 Å². The lowest BCUT2D eigenvalue weighted by Gasteiger charge is -2.31. The number of carbonyl (C=O) groups excluding carboxylic acids is 2. The first-order valence-corrected chi connectivity index (χ1v) is 5.23. The number of nitrogens with zero attached hydrogens (tertiary/aromatic N) is 1. The second-order valence-electron chi connectivity index (χ2n) is 4.70. The molecule has 0 aromatic rings. The van der Waals surface area contributed by atoms with Crippen LogP contribution in [0.25, 0.3) is 0 Å². The average molecular weight is 244 g/mol. The van der Waals surface area contributed by atoms with Gasteiger partial charge < -0.3 is 9.84 Å². The lowest BCUT2D eigenvalue weighted by molar-refractivity contribution is -0.148. The van der Waals surface area contributed by atoms with Crippen LogP contribution >= 0.6 is 0 Å². The molecule has 96 valence electrons. The Morgan fingerprint density at radius 3 is 2.53 bits per heavy atom. The number of rotatable bonds is 1. The van der Waals surface area contributed by atoms with Gasteiger partial charge in [-0.05, 0) is 20.8 Å². The second kappa shape index (κ2) is 4.70. The molecular formula is C10H16N2O5. The van der Waals surface area contributed by atoms with Crippen LogP contribution in [-0.2, 0) is 14.3 Å². The van der Waals surface area contributed by atoms with Crippen molar-refractivity contribution in [1.29, 1.82) is 0 Å². The molecule has 7 heteroatoms. The highest BCUT2D eigenvalue weighted by Gasteiger charge is 2.38. The van der Waals surface area contributed by atoms with Crippen molar-refractivity contribution in [3.8, 4) is 0 Å². The number of carbonyl (C=O) groups is 3. The molecule has 1 unspecified atom stereocenters. The van der Waals surface area contributed by atoms with Crippen molar-refractivity contribution >= 4 is 18.0 Å². The largest absolute Gasteiger partial charge is 0.480 e. The number of piperazine rings is 1. The summed E-state index contributed by atoms with van der Waals surface area (Å²) in [5.41, 5.74) is -0.721. The van der Waals surface area contributed by atoms with Crippen LogP contribution in [0.3, 0.4) is 0 Å². The Labute approximate surface area is 98.7 Å². The minimum absolute atomic E-state index is 0.109. The van der Waals surface area contributed by atoms with E-state index in [0.29, 0.717) is 0 Å². The third kappa shape index (κ3) is 3.42. The Morgan fingerprint density at radius 2 is 2.06 bits per heavy atom. The van der Waals surface area contributed by atoms with E-state index >= 15 is 0 Å². The summed E-state index contributed by atoms with van der Waals surface area (Å²) in [7, 11) is 0. The zero-order chi connectivity index (χ0) is 13.2. The Hall–Kier alpha value is -1.63. The molecule has 0 radical (unpaired) electrons. The van der Waals surface area contributed by atoms with Crippen LogP contribution in [0.2, 0.25) is 0 Å². The Kier molecular flexibility index (Phi) is 3.72. The summed E-state index contributed by atoms with van der Waals surface area (Å²) in [4.78, 5) is 34.9. The third-order valence-electron chi connectivity index (χ3n) is 2.06. The first kappa shape index (κ1) is 13.4. The topological polar surface area (TPSA) is 95.9 Å². The summed E-state index contributed by atoms with van der Waals surface area (Å²) in [5.74, 6) is -2.10. The van der Waals surface area contributed by atoms with Crippen molar-refractivity contribution < 1.29 is 24.2 Å². The van der Waals surface area contributed by atoms with Crippen molar-refractivity contribution in [2.45, 2.75) is 32.4 Å². The molecule has 0 aliphatic carbocycles. The van der Waals surface area contributed by atoms with Crippen LogP contribution in [0, 0.1) is 0 Å². The summed E-state index contributed by atoms with van der Waals surface area (Å²) in [5, 5.41) is 11.3. The summed E-state index contributed by atoms with van der Waals surface area (Å²) >= 11 is 0. The predicted octanol–water partition coefficient (Wildman–Crippen LogP) is -0.194. The fourth-order valence-corrected chi connectivity index (χ4v) is 1.37. The van der Waals surface area contributed by atoms with Gasteiger partial charge in [-0.3, -0.25) is 10.1 Å². The van der Waals surface area contributed by atoms with E-state index in [1.54, 1.807) is 20.8 Å². The fraction of sp³-hybridized carbons (Fsp3) is 0.700. The maximum absolute atomic E-state index is 11.7. The zero-order valence-electron chi connectivity index (χ0n) is 10.0. The van der Waals surface area contributed by atoms with Crippen LogP contribution < -0.4 is 5.32 Å². The van der Waals surface area contributed by atoms with E-state index in [1.165, 1.54) is 0 Å². The Morgan fingerprint density at radius 1 is 1.47 bits per heavy atom. The molecule has 1 heterocycles. The number of aliphatic carboxylic acids is 1. The van der Waals surface area contributed by atoms with Gasteiger partial charge >= 0.3 is 12.1 Å². The number of carboxylic acids is 1. The van der Waals surface area contributed by atoms with Crippen LogP contribution in [-0.4, -0.2) is 52.7 Å². The molecule has 0 saturated carbocycles. The number of ether oxygens (including phenoxy) is 1. The van der Waals surface area contributed by atoms with Gasteiger partial charge in [0.2, 0.25) is 0 Å². The molecule has 0 spiro atoms.